The van der Waals surface area contributed by atoms with Gasteiger partial charge in [-0.25, -0.2) is 4.39 Å². The minimum atomic E-state index is -0.394. The maximum atomic E-state index is 13.8. The Kier molecular flexibility index (Phi) is 5.02. The normalized spacial score (nSPS) is 12.2. The standard InChI is InChI=1S/C17H18ClFO/c1-3-12(2)14-5-7-15(8-6-14)20-17-9-4-13(11-18)10-16(17)19/h4-10,12H,3,11H2,1-2H3. The van der Waals surface area contributed by atoms with E-state index in [-0.39, 0.29) is 5.75 Å². The maximum Gasteiger partial charge on any atom is 0.166 e. The number of rotatable bonds is 5. The molecule has 1 unspecified atom stereocenters. The lowest BCUT2D eigenvalue weighted by molar-refractivity contribution is 0.441. The van der Waals surface area contributed by atoms with Gasteiger partial charge in [-0.1, -0.05) is 32.0 Å². The highest BCUT2D eigenvalue weighted by molar-refractivity contribution is 6.17. The van der Waals surface area contributed by atoms with Crippen LogP contribution in [0.25, 0.3) is 0 Å². The molecular weight excluding hydrogens is 275 g/mol. The zero-order valence-electron chi connectivity index (χ0n) is 11.7. The molecule has 0 N–H and O–H groups in total. The molecule has 0 bridgehead atoms. The average Bonchev–Trinajstić information content (AvgIpc) is 2.49. The third kappa shape index (κ3) is 3.51. The molecule has 0 heterocycles. The van der Waals surface area contributed by atoms with Gasteiger partial charge in [-0.05, 0) is 47.7 Å². The van der Waals surface area contributed by atoms with Crippen LogP contribution in [0.2, 0.25) is 0 Å². The molecule has 2 aromatic rings. The summed E-state index contributed by atoms with van der Waals surface area (Å²) in [6.07, 6.45) is 1.09. The molecule has 2 aromatic carbocycles. The molecule has 106 valence electrons. The molecule has 0 saturated carbocycles. The molecule has 1 atom stereocenters. The van der Waals surface area contributed by atoms with Crippen molar-refractivity contribution >= 4 is 11.6 Å². The fourth-order valence-corrected chi connectivity index (χ4v) is 2.10. The second-order valence-corrected chi connectivity index (χ2v) is 5.15. The van der Waals surface area contributed by atoms with Crippen molar-refractivity contribution in [1.29, 1.82) is 0 Å². The highest BCUT2D eigenvalue weighted by Gasteiger charge is 2.07. The fourth-order valence-electron chi connectivity index (χ4n) is 1.94. The zero-order valence-corrected chi connectivity index (χ0v) is 12.5. The molecule has 0 aliphatic heterocycles. The molecule has 0 saturated heterocycles. The van der Waals surface area contributed by atoms with Gasteiger partial charge < -0.3 is 4.74 Å². The molecule has 1 nitrogen and oxygen atoms in total. The molecule has 0 spiro atoms. The summed E-state index contributed by atoms with van der Waals surface area (Å²) in [6, 6.07) is 12.6. The lowest BCUT2D eigenvalue weighted by atomic mass is 9.99. The van der Waals surface area contributed by atoms with Crippen molar-refractivity contribution in [3.8, 4) is 11.5 Å². The quantitative estimate of drug-likeness (QED) is 0.626. The van der Waals surface area contributed by atoms with E-state index in [1.807, 2.05) is 24.3 Å². The van der Waals surface area contributed by atoms with Crippen molar-refractivity contribution in [1.82, 2.24) is 0 Å². The number of benzene rings is 2. The van der Waals surface area contributed by atoms with E-state index in [1.54, 1.807) is 12.1 Å². The van der Waals surface area contributed by atoms with Gasteiger partial charge in [0.1, 0.15) is 5.75 Å². The van der Waals surface area contributed by atoms with Crippen LogP contribution in [0.15, 0.2) is 42.5 Å². The third-order valence-corrected chi connectivity index (χ3v) is 3.75. The molecule has 0 aliphatic rings. The summed E-state index contributed by atoms with van der Waals surface area (Å²) >= 11 is 5.66. The van der Waals surface area contributed by atoms with Gasteiger partial charge in [0.05, 0.1) is 0 Å². The van der Waals surface area contributed by atoms with E-state index in [1.165, 1.54) is 11.6 Å². The van der Waals surface area contributed by atoms with Crippen LogP contribution < -0.4 is 4.74 Å². The minimum Gasteiger partial charge on any atom is -0.454 e. The van der Waals surface area contributed by atoms with E-state index in [0.29, 0.717) is 17.5 Å². The first-order valence-electron chi connectivity index (χ1n) is 6.76. The number of alkyl halides is 1. The van der Waals surface area contributed by atoms with E-state index >= 15 is 0 Å². The van der Waals surface area contributed by atoms with Crippen molar-refractivity contribution in [3.05, 3.63) is 59.4 Å². The summed E-state index contributed by atoms with van der Waals surface area (Å²) in [5.74, 6) is 1.27. The minimum absolute atomic E-state index is 0.218. The van der Waals surface area contributed by atoms with Gasteiger partial charge in [-0.15, -0.1) is 11.6 Å². The van der Waals surface area contributed by atoms with Crippen LogP contribution in [0.5, 0.6) is 11.5 Å². The third-order valence-electron chi connectivity index (χ3n) is 3.44. The van der Waals surface area contributed by atoms with Crippen LogP contribution in [-0.2, 0) is 5.88 Å². The van der Waals surface area contributed by atoms with Crippen molar-refractivity contribution < 1.29 is 9.13 Å². The summed E-state index contributed by atoms with van der Waals surface area (Å²) in [6.45, 7) is 4.34. The first kappa shape index (κ1) is 14.9. The van der Waals surface area contributed by atoms with E-state index < -0.39 is 5.82 Å². The van der Waals surface area contributed by atoms with Crippen LogP contribution >= 0.6 is 11.6 Å². The second kappa shape index (κ2) is 6.76. The Morgan fingerprint density at radius 3 is 2.40 bits per heavy atom. The Labute approximate surface area is 124 Å². The fraction of sp³-hybridized carbons (Fsp3) is 0.294. The van der Waals surface area contributed by atoms with Crippen molar-refractivity contribution in [2.45, 2.75) is 32.1 Å². The number of halogens is 2. The van der Waals surface area contributed by atoms with E-state index in [4.69, 9.17) is 16.3 Å². The molecule has 0 amide bonds. The lowest BCUT2D eigenvalue weighted by Gasteiger charge is -2.11. The largest absolute Gasteiger partial charge is 0.454 e. The second-order valence-electron chi connectivity index (χ2n) is 4.88. The highest BCUT2D eigenvalue weighted by Crippen LogP contribution is 2.27. The molecular formula is C17H18ClFO. The van der Waals surface area contributed by atoms with Gasteiger partial charge in [0.15, 0.2) is 11.6 Å². The summed E-state index contributed by atoms with van der Waals surface area (Å²) in [5, 5.41) is 0. The summed E-state index contributed by atoms with van der Waals surface area (Å²) in [5.41, 5.74) is 2.00. The molecule has 0 fully saturated rings. The zero-order chi connectivity index (χ0) is 14.5. The first-order chi connectivity index (χ1) is 9.63. The molecule has 20 heavy (non-hydrogen) atoms. The highest BCUT2D eigenvalue weighted by atomic mass is 35.5. The van der Waals surface area contributed by atoms with Crippen LogP contribution in [0, 0.1) is 5.82 Å². The maximum absolute atomic E-state index is 13.8. The van der Waals surface area contributed by atoms with Gasteiger partial charge in [0, 0.05) is 5.88 Å². The van der Waals surface area contributed by atoms with Gasteiger partial charge >= 0.3 is 0 Å². The SMILES string of the molecule is CCC(C)c1ccc(Oc2ccc(CCl)cc2F)cc1. The lowest BCUT2D eigenvalue weighted by Crippen LogP contribution is -1.93. The van der Waals surface area contributed by atoms with Crippen LogP contribution in [0.1, 0.15) is 37.3 Å². The monoisotopic (exact) mass is 292 g/mol. The van der Waals surface area contributed by atoms with Crippen molar-refractivity contribution in [2.24, 2.45) is 0 Å². The Morgan fingerprint density at radius 2 is 1.85 bits per heavy atom. The van der Waals surface area contributed by atoms with Gasteiger partial charge in [-0.2, -0.15) is 0 Å². The van der Waals surface area contributed by atoms with Gasteiger partial charge in [0.25, 0.3) is 0 Å². The molecule has 0 aliphatic carbocycles. The van der Waals surface area contributed by atoms with Crippen molar-refractivity contribution in [2.75, 3.05) is 0 Å². The predicted molar refractivity (Wildman–Crippen MR) is 81.2 cm³/mol. The van der Waals surface area contributed by atoms with Crippen molar-refractivity contribution in [3.63, 3.8) is 0 Å². The topological polar surface area (TPSA) is 9.23 Å². The Bertz CT molecular complexity index is 566. The van der Waals surface area contributed by atoms with E-state index in [9.17, 15) is 4.39 Å². The predicted octanol–water partition coefficient (Wildman–Crippen LogP) is 5.87. The molecule has 0 radical (unpaired) electrons. The molecule has 3 heteroatoms. The molecule has 0 aromatic heterocycles. The van der Waals surface area contributed by atoms with E-state index in [0.717, 1.165) is 12.0 Å². The van der Waals surface area contributed by atoms with E-state index in [2.05, 4.69) is 13.8 Å². The molecule has 2 rings (SSSR count). The Morgan fingerprint density at radius 1 is 1.15 bits per heavy atom. The summed E-state index contributed by atoms with van der Waals surface area (Å²) in [4.78, 5) is 0. The number of ether oxygens (including phenoxy) is 1. The van der Waals surface area contributed by atoms with Crippen LogP contribution in [-0.4, -0.2) is 0 Å². The Balaban J connectivity index is 2.14. The van der Waals surface area contributed by atoms with Gasteiger partial charge in [-0.3, -0.25) is 0 Å². The van der Waals surface area contributed by atoms with Gasteiger partial charge in [0.2, 0.25) is 0 Å². The van der Waals surface area contributed by atoms with Crippen LogP contribution in [0.3, 0.4) is 0 Å². The Hall–Kier alpha value is -1.54. The smallest absolute Gasteiger partial charge is 0.166 e. The summed E-state index contributed by atoms with van der Waals surface area (Å²) in [7, 11) is 0. The first-order valence-corrected chi connectivity index (χ1v) is 7.29. The van der Waals surface area contributed by atoms with Crippen LogP contribution in [0.4, 0.5) is 4.39 Å². The summed E-state index contributed by atoms with van der Waals surface area (Å²) < 4.78 is 19.4. The average molecular weight is 293 g/mol. The number of hydrogen-bond donors (Lipinski definition) is 0. The number of hydrogen-bond acceptors (Lipinski definition) is 1.